The summed E-state index contributed by atoms with van der Waals surface area (Å²) < 4.78 is 63.4. The lowest BCUT2D eigenvalue weighted by Gasteiger charge is -2.07. The first-order valence-electron chi connectivity index (χ1n) is 5.18. The van der Waals surface area contributed by atoms with E-state index in [4.69, 9.17) is 9.11 Å². The fourth-order valence-electron chi connectivity index (χ4n) is 1.92. The predicted octanol–water partition coefficient (Wildman–Crippen LogP) is 1.24. The number of hydrogen-bond acceptors (Lipinski definition) is 6. The summed E-state index contributed by atoms with van der Waals surface area (Å²) >= 11 is 0. The highest BCUT2D eigenvalue weighted by atomic mass is 32.2. The van der Waals surface area contributed by atoms with Gasteiger partial charge in [-0.05, 0) is 12.1 Å². The van der Waals surface area contributed by atoms with Gasteiger partial charge in [0.05, 0.1) is 10.3 Å². The first kappa shape index (κ1) is 15.3. The third kappa shape index (κ3) is 2.71. The van der Waals surface area contributed by atoms with E-state index in [0.29, 0.717) is 0 Å². The molecule has 0 amide bonds. The van der Waals surface area contributed by atoms with Crippen LogP contribution < -0.4 is 0 Å². The van der Waals surface area contributed by atoms with Crippen LogP contribution in [-0.2, 0) is 20.2 Å². The van der Waals surface area contributed by atoms with Crippen LogP contribution in [0.1, 0.15) is 0 Å². The molecule has 0 aliphatic rings. The second kappa shape index (κ2) is 4.73. The van der Waals surface area contributed by atoms with Crippen molar-refractivity contribution in [3.05, 3.63) is 40.4 Å². The highest BCUT2D eigenvalue weighted by Crippen LogP contribution is 2.35. The third-order valence-corrected chi connectivity index (χ3v) is 4.50. The zero-order valence-electron chi connectivity index (χ0n) is 9.99. The maximum absolute atomic E-state index is 11.3. The number of nitrogens with zero attached hydrogens (tertiary/aromatic N) is 1. The summed E-state index contributed by atoms with van der Waals surface area (Å²) in [7, 11) is -9.56. The van der Waals surface area contributed by atoms with E-state index in [1.165, 1.54) is 0 Å². The van der Waals surface area contributed by atoms with E-state index in [0.717, 1.165) is 30.3 Å². The van der Waals surface area contributed by atoms with Crippen molar-refractivity contribution >= 4 is 36.7 Å². The fourth-order valence-corrected chi connectivity index (χ4v) is 3.33. The molecule has 0 fully saturated rings. The van der Waals surface area contributed by atoms with Gasteiger partial charge in [0.15, 0.2) is 0 Å². The smallest absolute Gasteiger partial charge is 0.282 e. The molecular weight excluding hydrogens is 326 g/mol. The quantitative estimate of drug-likeness (QED) is 0.483. The number of nitro groups is 1. The zero-order chi connectivity index (χ0) is 16.0. The van der Waals surface area contributed by atoms with Gasteiger partial charge in [-0.3, -0.25) is 19.2 Å². The van der Waals surface area contributed by atoms with Gasteiger partial charge in [0.1, 0.15) is 9.79 Å². The van der Waals surface area contributed by atoms with Gasteiger partial charge in [-0.15, -0.1) is 0 Å². The van der Waals surface area contributed by atoms with Crippen LogP contribution in [-0.4, -0.2) is 30.9 Å². The Balaban J connectivity index is 3.16. The molecule has 0 saturated carbocycles. The lowest BCUT2D eigenvalue weighted by atomic mass is 10.1. The topological polar surface area (TPSA) is 152 Å². The summed E-state index contributed by atoms with van der Waals surface area (Å²) in [4.78, 5) is 8.52. The van der Waals surface area contributed by atoms with E-state index in [2.05, 4.69) is 0 Å². The van der Waals surface area contributed by atoms with E-state index in [1.54, 1.807) is 0 Å². The average Bonchev–Trinajstić information content (AvgIpc) is 2.33. The Morgan fingerprint density at radius 3 is 1.95 bits per heavy atom. The van der Waals surface area contributed by atoms with Gasteiger partial charge >= 0.3 is 0 Å². The molecule has 0 bridgehead atoms. The van der Waals surface area contributed by atoms with Gasteiger partial charge in [0.2, 0.25) is 0 Å². The Hall–Kier alpha value is -2.08. The Labute approximate surface area is 118 Å². The van der Waals surface area contributed by atoms with Crippen LogP contribution in [0.2, 0.25) is 0 Å². The third-order valence-electron chi connectivity index (χ3n) is 2.69. The molecule has 0 aliphatic carbocycles. The van der Waals surface area contributed by atoms with Gasteiger partial charge in [-0.2, -0.15) is 16.8 Å². The molecule has 0 heterocycles. The molecule has 0 atom stereocenters. The van der Waals surface area contributed by atoms with Gasteiger partial charge in [0, 0.05) is 11.5 Å². The van der Waals surface area contributed by atoms with Gasteiger partial charge in [-0.25, -0.2) is 0 Å². The molecule has 0 spiro atoms. The van der Waals surface area contributed by atoms with Crippen LogP contribution in [0.4, 0.5) is 5.69 Å². The van der Waals surface area contributed by atoms with Crippen molar-refractivity contribution in [3.8, 4) is 0 Å². The SMILES string of the molecule is O=[N+]([O-])c1ccc(S(=O)(=O)O)c2cccc(S(=O)(=O)O)c12. The Bertz CT molecular complexity index is 962. The molecule has 0 aliphatic heterocycles. The minimum atomic E-state index is -4.83. The Morgan fingerprint density at radius 2 is 1.48 bits per heavy atom. The molecule has 2 aromatic carbocycles. The maximum Gasteiger partial charge on any atom is 0.295 e. The average molecular weight is 333 g/mol. The van der Waals surface area contributed by atoms with Crippen molar-refractivity contribution in [2.75, 3.05) is 0 Å². The molecule has 2 aromatic rings. The first-order valence-corrected chi connectivity index (χ1v) is 8.06. The summed E-state index contributed by atoms with van der Waals surface area (Å²) in [6.07, 6.45) is 0. The normalized spacial score (nSPS) is 12.5. The van der Waals surface area contributed by atoms with Crippen molar-refractivity contribution in [3.63, 3.8) is 0 Å². The Kier molecular flexibility index (Phi) is 3.45. The number of hydrogen-bond donors (Lipinski definition) is 2. The molecule has 9 nitrogen and oxygen atoms in total. The van der Waals surface area contributed by atoms with E-state index in [9.17, 15) is 26.9 Å². The molecular formula is C10H7NO8S2. The highest BCUT2D eigenvalue weighted by molar-refractivity contribution is 7.86. The summed E-state index contributed by atoms with van der Waals surface area (Å²) in [5, 5.41) is 9.99. The van der Waals surface area contributed by atoms with Gasteiger partial charge < -0.3 is 0 Å². The molecule has 21 heavy (non-hydrogen) atoms. The minimum Gasteiger partial charge on any atom is -0.282 e. The van der Waals surface area contributed by atoms with Crippen LogP contribution in [0.15, 0.2) is 40.1 Å². The molecule has 11 heteroatoms. The number of rotatable bonds is 3. The van der Waals surface area contributed by atoms with E-state index < -0.39 is 46.0 Å². The second-order valence-electron chi connectivity index (χ2n) is 3.97. The predicted molar refractivity (Wildman–Crippen MR) is 70.2 cm³/mol. The summed E-state index contributed by atoms with van der Waals surface area (Å²) in [6, 6.07) is 4.58. The van der Waals surface area contributed by atoms with Crippen molar-refractivity contribution in [2.24, 2.45) is 0 Å². The lowest BCUT2D eigenvalue weighted by molar-refractivity contribution is -0.383. The van der Waals surface area contributed by atoms with Crippen LogP contribution in [0.3, 0.4) is 0 Å². The fraction of sp³-hybridized carbons (Fsp3) is 0. The molecule has 0 saturated heterocycles. The van der Waals surface area contributed by atoms with Crippen molar-refractivity contribution in [2.45, 2.75) is 9.79 Å². The molecule has 112 valence electrons. The van der Waals surface area contributed by atoms with Crippen LogP contribution in [0.5, 0.6) is 0 Å². The van der Waals surface area contributed by atoms with Crippen LogP contribution >= 0.6 is 0 Å². The minimum absolute atomic E-state index is 0.387. The van der Waals surface area contributed by atoms with E-state index in [-0.39, 0.29) is 5.39 Å². The number of fused-ring (bicyclic) bond motifs is 1. The molecule has 2 rings (SSSR count). The Morgan fingerprint density at radius 1 is 0.905 bits per heavy atom. The summed E-state index contributed by atoms with van der Waals surface area (Å²) in [5.41, 5.74) is -0.717. The van der Waals surface area contributed by atoms with Crippen molar-refractivity contribution < 1.29 is 30.9 Å². The number of benzene rings is 2. The molecule has 0 unspecified atom stereocenters. The van der Waals surface area contributed by atoms with E-state index >= 15 is 0 Å². The summed E-state index contributed by atoms with van der Waals surface area (Å²) in [6.45, 7) is 0. The molecule has 2 N–H and O–H groups in total. The molecule has 0 aromatic heterocycles. The molecule has 0 radical (unpaired) electrons. The number of non-ortho nitro benzene ring substituents is 1. The standard InChI is InChI=1S/C10H7NO8S2/c12-11(13)7-4-5-8(20(14,15)16)6-2-1-3-9(10(6)7)21(17,18)19/h1-5H,(H,14,15,16)(H,17,18,19). The summed E-state index contributed by atoms with van der Waals surface area (Å²) in [5.74, 6) is 0. The highest BCUT2D eigenvalue weighted by Gasteiger charge is 2.26. The van der Waals surface area contributed by atoms with Crippen molar-refractivity contribution in [1.82, 2.24) is 0 Å². The van der Waals surface area contributed by atoms with Crippen LogP contribution in [0.25, 0.3) is 10.8 Å². The van der Waals surface area contributed by atoms with Crippen molar-refractivity contribution in [1.29, 1.82) is 0 Å². The van der Waals surface area contributed by atoms with E-state index in [1.807, 2.05) is 0 Å². The van der Waals surface area contributed by atoms with Crippen LogP contribution in [0, 0.1) is 10.1 Å². The zero-order valence-corrected chi connectivity index (χ0v) is 11.6. The monoisotopic (exact) mass is 333 g/mol. The van der Waals surface area contributed by atoms with Gasteiger partial charge in [-0.1, -0.05) is 12.1 Å². The van der Waals surface area contributed by atoms with Gasteiger partial charge in [0.25, 0.3) is 25.9 Å². The lowest BCUT2D eigenvalue weighted by Crippen LogP contribution is -2.05. The first-order chi connectivity index (χ1) is 9.53. The maximum atomic E-state index is 11.3. The number of nitro benzene ring substituents is 1. The largest absolute Gasteiger partial charge is 0.295 e. The second-order valence-corrected chi connectivity index (χ2v) is 6.75.